The van der Waals surface area contributed by atoms with E-state index in [0.29, 0.717) is 0 Å². The Morgan fingerprint density at radius 2 is 1.64 bits per heavy atom. The quantitative estimate of drug-likeness (QED) is 0.327. The average molecular weight is 414 g/mol. The van der Waals surface area contributed by atoms with Crippen LogP contribution in [0.4, 0.5) is 26.3 Å². The molecular formula is C17H16F6O5. The highest BCUT2D eigenvalue weighted by Crippen LogP contribution is 2.45. The third-order valence-electron chi connectivity index (χ3n) is 4.05. The fourth-order valence-corrected chi connectivity index (χ4v) is 2.25. The van der Waals surface area contributed by atoms with Gasteiger partial charge in [-0.25, -0.2) is 4.79 Å². The van der Waals surface area contributed by atoms with Crippen molar-refractivity contribution in [2.24, 2.45) is 0 Å². The van der Waals surface area contributed by atoms with Crippen LogP contribution in [0.1, 0.15) is 26.3 Å². The van der Waals surface area contributed by atoms with E-state index < -0.39 is 36.1 Å². The maximum atomic E-state index is 12.8. The number of carbonyl (C=O) groups excluding carboxylic acids is 1. The molecule has 2 aromatic rings. The number of aliphatic hydroxyl groups is 1. The molecule has 0 unspecified atom stereocenters. The molecule has 0 atom stereocenters. The number of ether oxygens (including phenoxy) is 2. The summed E-state index contributed by atoms with van der Waals surface area (Å²) >= 11 is 0. The van der Waals surface area contributed by atoms with E-state index in [4.69, 9.17) is 13.9 Å². The van der Waals surface area contributed by atoms with Crippen molar-refractivity contribution >= 4 is 17.1 Å². The summed E-state index contributed by atoms with van der Waals surface area (Å²) in [5, 5.41) is 9.20. The zero-order chi connectivity index (χ0) is 21.7. The van der Waals surface area contributed by atoms with E-state index in [2.05, 4.69) is 6.58 Å². The molecule has 1 N–H and O–H groups in total. The third-order valence-corrected chi connectivity index (χ3v) is 4.05. The van der Waals surface area contributed by atoms with Crippen molar-refractivity contribution in [2.45, 2.75) is 44.3 Å². The van der Waals surface area contributed by atoms with Gasteiger partial charge in [-0.15, -0.1) is 0 Å². The Labute approximate surface area is 154 Å². The van der Waals surface area contributed by atoms with Crippen LogP contribution < -0.4 is 4.74 Å². The Balaban J connectivity index is 2.24. The highest BCUT2D eigenvalue weighted by atomic mass is 19.4. The minimum atomic E-state index is -5.99. The molecule has 2 heterocycles. The first-order chi connectivity index (χ1) is 12.5. The number of furan rings is 2. The standard InChI is InChI=1S/C17H16F6O5/c1-8(2)13(24)28-12-6-10-9(5-11(12)27-10)14(3,4)26-7-15(25,16(18,19)20)17(21,22)23/h5-6,25H,1,7H2,2-4H3. The van der Waals surface area contributed by atoms with E-state index in [1.807, 2.05) is 0 Å². The summed E-state index contributed by atoms with van der Waals surface area (Å²) in [4.78, 5) is 11.5. The van der Waals surface area contributed by atoms with Gasteiger partial charge in [0.05, 0.1) is 12.2 Å². The van der Waals surface area contributed by atoms with Crippen LogP contribution in [-0.4, -0.2) is 35.6 Å². The van der Waals surface area contributed by atoms with E-state index in [1.54, 1.807) is 0 Å². The number of benzene rings is 1. The van der Waals surface area contributed by atoms with Gasteiger partial charge in [-0.3, -0.25) is 0 Å². The maximum Gasteiger partial charge on any atom is 0.428 e. The van der Waals surface area contributed by atoms with Crippen molar-refractivity contribution in [1.82, 2.24) is 0 Å². The molecule has 0 saturated carbocycles. The highest BCUT2D eigenvalue weighted by molar-refractivity contribution is 5.91. The van der Waals surface area contributed by atoms with Gasteiger partial charge < -0.3 is 19.0 Å². The summed E-state index contributed by atoms with van der Waals surface area (Å²) < 4.78 is 91.7. The predicted molar refractivity (Wildman–Crippen MR) is 83.9 cm³/mol. The number of carbonyl (C=O) groups is 1. The second-order valence-corrected chi connectivity index (χ2v) is 6.72. The third kappa shape index (κ3) is 3.81. The van der Waals surface area contributed by atoms with Gasteiger partial charge in [0.1, 0.15) is 5.58 Å². The largest absolute Gasteiger partial charge is 0.453 e. The second kappa shape index (κ2) is 6.66. The molecule has 0 aliphatic heterocycles. The lowest BCUT2D eigenvalue weighted by atomic mass is 9.96. The zero-order valence-electron chi connectivity index (χ0n) is 14.9. The van der Waals surface area contributed by atoms with E-state index in [-0.39, 0.29) is 28.1 Å². The number of rotatable bonds is 6. The van der Waals surface area contributed by atoms with Gasteiger partial charge in [0.25, 0.3) is 5.60 Å². The molecule has 0 saturated heterocycles. The lowest BCUT2D eigenvalue weighted by molar-refractivity contribution is -0.382. The van der Waals surface area contributed by atoms with Gasteiger partial charge in [0, 0.05) is 17.2 Å². The molecule has 0 aromatic carbocycles. The molecule has 0 aliphatic carbocycles. The summed E-state index contributed by atoms with van der Waals surface area (Å²) in [5.74, 6) is -0.717. The highest BCUT2D eigenvalue weighted by Gasteiger charge is 2.71. The molecule has 2 aromatic heterocycles. The van der Waals surface area contributed by atoms with E-state index >= 15 is 0 Å². The molecule has 2 rings (SSSR count). The molecule has 0 fully saturated rings. The summed E-state index contributed by atoms with van der Waals surface area (Å²) in [5.41, 5.74) is -6.43. The number of hydrogen-bond donors (Lipinski definition) is 1. The maximum absolute atomic E-state index is 12.8. The minimum Gasteiger partial charge on any atom is -0.453 e. The monoisotopic (exact) mass is 414 g/mol. The van der Waals surface area contributed by atoms with Crippen molar-refractivity contribution in [3.05, 3.63) is 29.8 Å². The van der Waals surface area contributed by atoms with Crippen LogP contribution in [0.2, 0.25) is 0 Å². The van der Waals surface area contributed by atoms with Crippen molar-refractivity contribution in [3.63, 3.8) is 0 Å². The lowest BCUT2D eigenvalue weighted by Crippen LogP contribution is -2.60. The van der Waals surface area contributed by atoms with Crippen LogP contribution in [0.15, 0.2) is 28.7 Å². The predicted octanol–water partition coefficient (Wildman–Crippen LogP) is 4.46. The Hall–Kier alpha value is -2.27. The zero-order valence-corrected chi connectivity index (χ0v) is 14.9. The molecule has 5 nitrogen and oxygen atoms in total. The smallest absolute Gasteiger partial charge is 0.428 e. The topological polar surface area (TPSA) is 68.9 Å². The molecule has 0 aliphatic rings. The molecule has 2 bridgehead atoms. The van der Waals surface area contributed by atoms with Crippen LogP contribution in [0.5, 0.6) is 5.75 Å². The van der Waals surface area contributed by atoms with Gasteiger partial charge in [-0.1, -0.05) is 6.58 Å². The first-order valence-corrected chi connectivity index (χ1v) is 7.73. The Bertz CT molecular complexity index is 863. The van der Waals surface area contributed by atoms with Gasteiger partial charge in [-0.2, -0.15) is 26.3 Å². The van der Waals surface area contributed by atoms with Crippen LogP contribution >= 0.6 is 0 Å². The molecule has 0 amide bonds. The Morgan fingerprint density at radius 3 is 2.04 bits per heavy atom. The van der Waals surface area contributed by atoms with Crippen LogP contribution in [-0.2, 0) is 15.1 Å². The summed E-state index contributed by atoms with van der Waals surface area (Å²) in [6.45, 7) is 5.15. The fraction of sp³-hybridized carbons (Fsp3) is 0.471. The molecular weight excluding hydrogens is 398 g/mol. The first-order valence-electron chi connectivity index (χ1n) is 7.73. The van der Waals surface area contributed by atoms with Crippen molar-refractivity contribution in [1.29, 1.82) is 0 Å². The average Bonchev–Trinajstić information content (AvgIpc) is 3.10. The summed E-state index contributed by atoms with van der Waals surface area (Å²) in [7, 11) is 0. The van der Waals surface area contributed by atoms with Crippen LogP contribution in [0.3, 0.4) is 0 Å². The Morgan fingerprint density at radius 1 is 1.11 bits per heavy atom. The fourth-order valence-electron chi connectivity index (χ4n) is 2.25. The van der Waals surface area contributed by atoms with Crippen molar-refractivity contribution in [2.75, 3.05) is 6.61 Å². The van der Waals surface area contributed by atoms with Crippen molar-refractivity contribution in [3.8, 4) is 5.75 Å². The molecule has 0 spiro atoms. The molecule has 11 heteroatoms. The molecule has 0 radical (unpaired) electrons. The van der Waals surface area contributed by atoms with Gasteiger partial charge in [0.2, 0.25) is 0 Å². The normalized spacial score (nSPS) is 13.9. The van der Waals surface area contributed by atoms with Gasteiger partial charge >= 0.3 is 18.3 Å². The van der Waals surface area contributed by atoms with Gasteiger partial charge in [0.15, 0.2) is 11.3 Å². The van der Waals surface area contributed by atoms with Crippen LogP contribution in [0.25, 0.3) is 11.2 Å². The first kappa shape index (κ1) is 22.0. The van der Waals surface area contributed by atoms with Crippen molar-refractivity contribution < 1.29 is 50.1 Å². The minimum absolute atomic E-state index is 0.0182. The number of hydrogen-bond acceptors (Lipinski definition) is 5. The van der Waals surface area contributed by atoms with E-state index in [1.165, 1.54) is 32.9 Å². The Kier molecular flexibility index (Phi) is 5.24. The van der Waals surface area contributed by atoms with E-state index in [9.17, 15) is 36.2 Å². The number of halogens is 6. The van der Waals surface area contributed by atoms with Gasteiger partial charge in [-0.05, 0) is 26.8 Å². The number of fused-ring (bicyclic) bond motifs is 2. The SMILES string of the molecule is C=C(C)C(=O)Oc1cc2oc1cc2C(C)(C)OCC(O)(C(F)(F)F)C(F)(F)F. The molecule has 28 heavy (non-hydrogen) atoms. The van der Waals surface area contributed by atoms with E-state index in [0.717, 1.165) is 0 Å². The summed E-state index contributed by atoms with van der Waals surface area (Å²) in [6.07, 6.45) is -12.0. The van der Waals surface area contributed by atoms with Crippen LogP contribution in [0, 0.1) is 0 Å². The second-order valence-electron chi connectivity index (χ2n) is 6.72. The lowest BCUT2D eigenvalue weighted by Gasteiger charge is -2.35. The number of esters is 1. The summed E-state index contributed by atoms with van der Waals surface area (Å²) in [6, 6.07) is 2.51. The molecule has 156 valence electrons. The number of alkyl halides is 6.